The Morgan fingerprint density at radius 3 is 1.27 bits per heavy atom. The summed E-state index contributed by atoms with van der Waals surface area (Å²) < 4.78 is 119. The maximum atomic E-state index is 15.1. The number of benzene rings is 1. The van der Waals surface area contributed by atoms with E-state index in [0.29, 0.717) is 0 Å². The molecule has 40 heavy (non-hydrogen) atoms. The Morgan fingerprint density at radius 2 is 0.975 bits per heavy atom. The van der Waals surface area contributed by atoms with Gasteiger partial charge in [0.2, 0.25) is 18.1 Å². The van der Waals surface area contributed by atoms with Crippen molar-refractivity contribution in [3.63, 3.8) is 0 Å². The van der Waals surface area contributed by atoms with E-state index in [4.69, 9.17) is 22.4 Å². The predicted molar refractivity (Wildman–Crippen MR) is 122 cm³/mol. The van der Waals surface area contributed by atoms with Crippen molar-refractivity contribution in [2.45, 2.75) is 0 Å². The number of halogens is 8. The van der Waals surface area contributed by atoms with E-state index in [1.807, 2.05) is 0 Å². The Hall–Kier alpha value is -5.86. The molecule has 0 bridgehead atoms. The molecule has 0 amide bonds. The molecule has 14 heteroatoms. The van der Waals surface area contributed by atoms with Crippen LogP contribution in [0.25, 0.3) is 10.5 Å². The Balaban J connectivity index is 2.20. The third-order valence-electron chi connectivity index (χ3n) is 5.63. The van der Waals surface area contributed by atoms with E-state index in [1.165, 1.54) is 12.1 Å². The lowest BCUT2D eigenvalue weighted by atomic mass is 9.99. The molecular formula is C26H4F8N6. The molecule has 0 N–H and O–H groups in total. The van der Waals surface area contributed by atoms with E-state index in [9.17, 15) is 17.6 Å². The quantitative estimate of drug-likeness (QED) is 0.208. The van der Waals surface area contributed by atoms with E-state index in [1.54, 1.807) is 6.07 Å². The van der Waals surface area contributed by atoms with Crippen molar-refractivity contribution in [3.05, 3.63) is 121 Å². The van der Waals surface area contributed by atoms with E-state index in [-0.39, 0.29) is 11.1 Å². The van der Waals surface area contributed by atoms with Crippen molar-refractivity contribution in [2.75, 3.05) is 0 Å². The zero-order chi connectivity index (χ0) is 29.5. The molecule has 0 spiro atoms. The molecular weight excluding hydrogens is 548 g/mol. The zero-order valence-electron chi connectivity index (χ0n) is 19.0. The highest BCUT2D eigenvalue weighted by molar-refractivity contribution is 6.15. The standard InChI is InChI=1S/C26H4F8N6/c1-38-24(10-4-2-9(6-35)3-5-10)13-11(14-16(27)20(31)25(39-7-36)21(32)17(14)28)12(13)15-18(29)22(33)26(40-8-37)23(34)19(15)30/h2-5H. The van der Waals surface area contributed by atoms with Crippen LogP contribution in [-0.2, 0) is 0 Å². The van der Waals surface area contributed by atoms with Crippen LogP contribution in [0.5, 0.6) is 0 Å². The average Bonchev–Trinajstić information content (AvgIpc) is 3.65. The van der Waals surface area contributed by atoms with Crippen LogP contribution in [0.4, 0.5) is 35.1 Å². The summed E-state index contributed by atoms with van der Waals surface area (Å²) in [5.74, 6) is -17.5. The molecule has 0 radical (unpaired) electrons. The minimum Gasteiger partial charge on any atom is -0.237 e. The Kier molecular flexibility index (Phi) is 6.88. The molecule has 4 rings (SSSR count). The number of hydrogen-bond acceptors (Lipinski definition) is 5. The number of nitrogens with zero attached hydrogens (tertiary/aromatic N) is 6. The molecule has 1 saturated carbocycles. The summed E-state index contributed by atoms with van der Waals surface area (Å²) >= 11 is 0. The molecule has 1 aromatic carbocycles. The molecule has 0 saturated heterocycles. The zero-order valence-corrected chi connectivity index (χ0v) is 19.0. The molecule has 1 fully saturated rings. The predicted octanol–water partition coefficient (Wildman–Crippen LogP) is 7.27. The van der Waals surface area contributed by atoms with Crippen molar-refractivity contribution in [3.8, 4) is 18.5 Å². The number of rotatable bonds is 1. The molecule has 0 aromatic heterocycles. The van der Waals surface area contributed by atoms with Crippen molar-refractivity contribution >= 4 is 17.1 Å². The highest BCUT2D eigenvalue weighted by Gasteiger charge is 2.48. The summed E-state index contributed by atoms with van der Waals surface area (Å²) in [6.07, 6.45) is 1.88. The first-order chi connectivity index (χ1) is 19.0. The molecule has 3 aliphatic carbocycles. The van der Waals surface area contributed by atoms with Crippen molar-refractivity contribution in [2.24, 2.45) is 9.98 Å². The summed E-state index contributed by atoms with van der Waals surface area (Å²) in [7, 11) is 0. The maximum Gasteiger partial charge on any atom is 0.206 e. The fraction of sp³-hybridized carbons (Fsp3) is 0. The summed E-state index contributed by atoms with van der Waals surface area (Å²) in [5, 5.41) is 26.1. The van der Waals surface area contributed by atoms with Crippen LogP contribution in [0, 0.1) is 40.8 Å². The van der Waals surface area contributed by atoms with Gasteiger partial charge < -0.3 is 0 Å². The summed E-state index contributed by atoms with van der Waals surface area (Å²) in [6, 6.07) is 6.47. The van der Waals surface area contributed by atoms with Gasteiger partial charge in [-0.15, -0.1) is 0 Å². The summed E-state index contributed by atoms with van der Waals surface area (Å²) in [6.45, 7) is 7.53. The van der Waals surface area contributed by atoms with E-state index in [2.05, 4.69) is 14.8 Å². The largest absolute Gasteiger partial charge is 0.237 e. The van der Waals surface area contributed by atoms with Crippen LogP contribution in [-0.4, -0.2) is 11.4 Å². The van der Waals surface area contributed by atoms with Gasteiger partial charge in [-0.25, -0.2) is 40.0 Å². The van der Waals surface area contributed by atoms with Gasteiger partial charge in [-0.2, -0.15) is 25.8 Å². The van der Waals surface area contributed by atoms with Gasteiger partial charge in [0.05, 0.1) is 29.4 Å². The third-order valence-corrected chi connectivity index (χ3v) is 5.63. The van der Waals surface area contributed by atoms with Crippen LogP contribution in [0.2, 0.25) is 0 Å². The van der Waals surface area contributed by atoms with Crippen LogP contribution >= 0.6 is 0 Å². The van der Waals surface area contributed by atoms with Gasteiger partial charge in [-0.1, -0.05) is 12.1 Å². The maximum absolute atomic E-state index is 15.1. The van der Waals surface area contributed by atoms with Gasteiger partial charge in [0, 0.05) is 0 Å². The molecule has 1 aromatic rings. The lowest BCUT2D eigenvalue weighted by molar-refractivity contribution is 0.513. The van der Waals surface area contributed by atoms with Gasteiger partial charge in [-0.3, -0.25) is 0 Å². The van der Waals surface area contributed by atoms with Crippen molar-refractivity contribution in [1.29, 1.82) is 15.8 Å². The number of allylic oxidation sites excluding steroid dienone is 13. The second-order valence-electron chi connectivity index (χ2n) is 7.66. The lowest BCUT2D eigenvalue weighted by Gasteiger charge is -2.13. The smallest absolute Gasteiger partial charge is 0.206 e. The Labute approximate surface area is 218 Å². The number of nitriles is 3. The molecule has 0 heterocycles. The fourth-order valence-corrected chi connectivity index (χ4v) is 3.87. The molecule has 0 atom stereocenters. The van der Waals surface area contributed by atoms with Crippen LogP contribution in [0.15, 0.2) is 109 Å². The molecule has 6 nitrogen and oxygen atoms in total. The lowest BCUT2D eigenvalue weighted by Crippen LogP contribution is -2.12. The third kappa shape index (κ3) is 4.01. The van der Waals surface area contributed by atoms with E-state index < -0.39 is 91.6 Å². The SMILES string of the molecule is [C-]#[N+]C(=C1C(=C2C(F)=C(F)C(=NC#N)C(F)=C2F)C1=C1C(F)=C(F)C(=NC#N)C(F)=C1F)c1ccc(C#N)cc1. The molecule has 3 aliphatic rings. The topological polar surface area (TPSA) is 100 Å². The normalized spacial score (nSPS) is 17.1. The van der Waals surface area contributed by atoms with Crippen molar-refractivity contribution in [1.82, 2.24) is 0 Å². The molecule has 0 aliphatic heterocycles. The second kappa shape index (κ2) is 10.1. The highest BCUT2D eigenvalue weighted by atomic mass is 19.2. The summed E-state index contributed by atoms with van der Waals surface area (Å²) in [5.41, 5.74) is -10.0. The average molecular weight is 552 g/mol. The number of hydrogen-bond donors (Lipinski definition) is 0. The first kappa shape index (κ1) is 27.2. The highest BCUT2D eigenvalue weighted by Crippen LogP contribution is 2.60. The van der Waals surface area contributed by atoms with Crippen molar-refractivity contribution < 1.29 is 35.1 Å². The Morgan fingerprint density at radius 1 is 0.600 bits per heavy atom. The van der Waals surface area contributed by atoms with Gasteiger partial charge in [0.25, 0.3) is 0 Å². The van der Waals surface area contributed by atoms with Gasteiger partial charge in [-0.05, 0) is 34.4 Å². The van der Waals surface area contributed by atoms with Gasteiger partial charge >= 0.3 is 0 Å². The first-order valence-electron chi connectivity index (χ1n) is 10.3. The van der Waals surface area contributed by atoms with Gasteiger partial charge in [0.1, 0.15) is 0 Å². The number of aliphatic imine (C=N–C) groups is 2. The minimum atomic E-state index is -2.20. The van der Waals surface area contributed by atoms with E-state index in [0.717, 1.165) is 24.5 Å². The summed E-state index contributed by atoms with van der Waals surface area (Å²) in [4.78, 5) is 8.46. The Bertz CT molecular complexity index is 1730. The first-order valence-corrected chi connectivity index (χ1v) is 10.3. The molecule has 0 unspecified atom stereocenters. The monoisotopic (exact) mass is 552 g/mol. The minimum absolute atomic E-state index is 0.0957. The van der Waals surface area contributed by atoms with E-state index >= 15 is 17.6 Å². The van der Waals surface area contributed by atoms with Crippen LogP contribution in [0.1, 0.15) is 11.1 Å². The van der Waals surface area contributed by atoms with Gasteiger partial charge in [0.15, 0.2) is 58.0 Å². The molecule has 194 valence electrons. The van der Waals surface area contributed by atoms with Crippen LogP contribution < -0.4 is 0 Å². The van der Waals surface area contributed by atoms with Crippen LogP contribution in [0.3, 0.4) is 0 Å². The second-order valence-corrected chi connectivity index (χ2v) is 7.66. The fourth-order valence-electron chi connectivity index (χ4n) is 3.87.